The molecule has 3 aromatic heterocycles. The van der Waals surface area contributed by atoms with Crippen LogP contribution in [0.25, 0.3) is 32.5 Å². The van der Waals surface area contributed by atoms with Gasteiger partial charge in [-0.15, -0.1) is 11.3 Å². The largest absolute Gasteiger partial charge is 0.378 e. The Morgan fingerprint density at radius 2 is 2.03 bits per heavy atom. The van der Waals surface area contributed by atoms with Gasteiger partial charge in [-0.1, -0.05) is 18.6 Å². The van der Waals surface area contributed by atoms with Gasteiger partial charge in [-0.05, 0) is 44.5 Å². The number of hydrogen-bond acceptors (Lipinski definition) is 6. The van der Waals surface area contributed by atoms with Crippen LogP contribution in [0.3, 0.4) is 0 Å². The molecule has 4 aromatic rings. The van der Waals surface area contributed by atoms with E-state index in [1.165, 1.54) is 35.4 Å². The number of hydrogen-bond donors (Lipinski definition) is 1. The second kappa shape index (κ2) is 8.46. The maximum Gasteiger partial charge on any atom is 0.162 e. The minimum atomic E-state index is 0.653. The highest BCUT2D eigenvalue weighted by molar-refractivity contribution is 7.19. The molecule has 32 heavy (non-hydrogen) atoms. The van der Waals surface area contributed by atoms with Crippen molar-refractivity contribution in [1.82, 2.24) is 19.9 Å². The van der Waals surface area contributed by atoms with Gasteiger partial charge in [0.15, 0.2) is 11.6 Å². The highest BCUT2D eigenvalue weighted by atomic mass is 32.1. The van der Waals surface area contributed by atoms with E-state index in [4.69, 9.17) is 14.7 Å². The van der Waals surface area contributed by atoms with Gasteiger partial charge in [0, 0.05) is 53.2 Å². The van der Waals surface area contributed by atoms with Gasteiger partial charge in [-0.2, -0.15) is 0 Å². The third-order valence-corrected chi connectivity index (χ3v) is 7.96. The molecule has 5 heterocycles. The molecule has 166 valence electrons. The molecule has 0 bridgehead atoms. The van der Waals surface area contributed by atoms with Gasteiger partial charge in [0.05, 0.1) is 23.4 Å². The van der Waals surface area contributed by atoms with Crippen molar-refractivity contribution in [3.8, 4) is 11.4 Å². The number of morpholine rings is 1. The Kier molecular flexibility index (Phi) is 5.33. The number of likely N-dealkylation sites (tertiary alicyclic amines) is 1. The average molecular weight is 448 g/mol. The van der Waals surface area contributed by atoms with Gasteiger partial charge in [0.25, 0.3) is 0 Å². The molecule has 1 atom stereocenters. The van der Waals surface area contributed by atoms with E-state index in [0.717, 1.165) is 66.5 Å². The number of piperidine rings is 1. The molecule has 2 aliphatic heterocycles. The standard InChI is InChI=1S/C25H29N5OS/c1-17-5-2-3-10-30(17)16-18-15-22-23(32-18)25(29-11-13-31-14-12-29)28-24(27-22)20-6-4-7-21-19(20)8-9-26-21/h4,6-9,15,17,26H,2-3,5,10-14,16H2,1H3. The highest BCUT2D eigenvalue weighted by Gasteiger charge is 2.23. The van der Waals surface area contributed by atoms with E-state index in [2.05, 4.69) is 52.0 Å². The fraction of sp³-hybridized carbons (Fsp3) is 0.440. The summed E-state index contributed by atoms with van der Waals surface area (Å²) in [6.07, 6.45) is 5.94. The van der Waals surface area contributed by atoms with E-state index >= 15 is 0 Å². The van der Waals surface area contributed by atoms with Crippen LogP contribution in [0.15, 0.2) is 36.5 Å². The van der Waals surface area contributed by atoms with E-state index in [1.807, 2.05) is 17.5 Å². The maximum atomic E-state index is 5.62. The lowest BCUT2D eigenvalue weighted by molar-refractivity contribution is 0.122. The predicted octanol–water partition coefficient (Wildman–Crippen LogP) is 5.05. The Balaban J connectivity index is 1.45. The van der Waals surface area contributed by atoms with Crippen LogP contribution in [0.2, 0.25) is 0 Å². The van der Waals surface area contributed by atoms with E-state index < -0.39 is 0 Å². The first-order chi connectivity index (χ1) is 15.8. The Hall–Kier alpha value is -2.48. The first-order valence-corrected chi connectivity index (χ1v) is 12.5. The average Bonchev–Trinajstić information content (AvgIpc) is 3.47. The molecule has 2 saturated heterocycles. The molecule has 6 rings (SSSR count). The van der Waals surface area contributed by atoms with E-state index in [1.54, 1.807) is 0 Å². The van der Waals surface area contributed by atoms with Gasteiger partial charge in [0.1, 0.15) is 0 Å². The topological polar surface area (TPSA) is 57.3 Å². The summed E-state index contributed by atoms with van der Waals surface area (Å²) >= 11 is 1.87. The lowest BCUT2D eigenvalue weighted by atomic mass is 10.0. The van der Waals surface area contributed by atoms with Crippen LogP contribution in [0.5, 0.6) is 0 Å². The second-order valence-electron chi connectivity index (χ2n) is 8.96. The molecule has 1 N–H and O–H groups in total. The number of aromatic nitrogens is 3. The lowest BCUT2D eigenvalue weighted by Crippen LogP contribution is -2.37. The molecule has 0 aliphatic carbocycles. The van der Waals surface area contributed by atoms with Crippen LogP contribution in [0.4, 0.5) is 5.82 Å². The number of H-pyrrole nitrogens is 1. The third-order valence-electron chi connectivity index (χ3n) is 6.85. The first kappa shape index (κ1) is 20.1. The van der Waals surface area contributed by atoms with Gasteiger partial charge in [-0.3, -0.25) is 4.90 Å². The van der Waals surface area contributed by atoms with Crippen LogP contribution in [0.1, 0.15) is 31.1 Å². The zero-order chi connectivity index (χ0) is 21.5. The zero-order valence-corrected chi connectivity index (χ0v) is 19.3. The van der Waals surface area contributed by atoms with Crippen molar-refractivity contribution in [3.05, 3.63) is 41.4 Å². The predicted molar refractivity (Wildman–Crippen MR) is 131 cm³/mol. The summed E-state index contributed by atoms with van der Waals surface area (Å²) in [5.41, 5.74) is 3.26. The quantitative estimate of drug-likeness (QED) is 0.474. The molecule has 0 saturated carbocycles. The normalized spacial score (nSPS) is 20.4. The van der Waals surface area contributed by atoms with Gasteiger partial charge in [0.2, 0.25) is 0 Å². The first-order valence-electron chi connectivity index (χ1n) is 11.7. The molecular weight excluding hydrogens is 418 g/mol. The number of ether oxygens (including phenoxy) is 1. The molecule has 0 spiro atoms. The fourth-order valence-corrected chi connectivity index (χ4v) is 6.16. The van der Waals surface area contributed by atoms with Crippen molar-refractivity contribution in [3.63, 3.8) is 0 Å². The summed E-state index contributed by atoms with van der Waals surface area (Å²) in [5, 5.41) is 1.16. The van der Waals surface area contributed by atoms with Crippen LogP contribution >= 0.6 is 11.3 Å². The smallest absolute Gasteiger partial charge is 0.162 e. The summed E-state index contributed by atoms with van der Waals surface area (Å²) in [6, 6.07) is 11.4. The summed E-state index contributed by atoms with van der Waals surface area (Å²) in [7, 11) is 0. The van der Waals surface area contributed by atoms with Crippen LogP contribution in [-0.4, -0.2) is 58.7 Å². The Labute approximate surface area is 192 Å². The van der Waals surface area contributed by atoms with Crippen LogP contribution in [0, 0.1) is 0 Å². The monoisotopic (exact) mass is 447 g/mol. The highest BCUT2D eigenvalue weighted by Crippen LogP contribution is 2.37. The number of thiophene rings is 1. The van der Waals surface area contributed by atoms with Crippen LogP contribution in [-0.2, 0) is 11.3 Å². The number of nitrogens with zero attached hydrogens (tertiary/aromatic N) is 4. The van der Waals surface area contributed by atoms with Crippen molar-refractivity contribution in [2.24, 2.45) is 0 Å². The Morgan fingerprint density at radius 1 is 1.12 bits per heavy atom. The zero-order valence-electron chi connectivity index (χ0n) is 18.5. The van der Waals surface area contributed by atoms with Crippen molar-refractivity contribution < 1.29 is 4.74 Å². The van der Waals surface area contributed by atoms with E-state index in [-0.39, 0.29) is 0 Å². The summed E-state index contributed by atoms with van der Waals surface area (Å²) in [4.78, 5) is 19.9. The fourth-order valence-electron chi connectivity index (χ4n) is 5.03. The molecule has 7 heteroatoms. The third kappa shape index (κ3) is 3.68. The van der Waals surface area contributed by atoms with E-state index in [0.29, 0.717) is 6.04 Å². The molecule has 6 nitrogen and oxygen atoms in total. The van der Waals surface area contributed by atoms with Crippen LogP contribution < -0.4 is 4.90 Å². The van der Waals surface area contributed by atoms with Gasteiger partial charge >= 0.3 is 0 Å². The molecule has 0 radical (unpaired) electrons. The number of benzene rings is 1. The molecular formula is C25H29N5OS. The summed E-state index contributed by atoms with van der Waals surface area (Å²) in [5.74, 6) is 1.86. The van der Waals surface area contributed by atoms with Crippen molar-refractivity contribution >= 4 is 38.3 Å². The van der Waals surface area contributed by atoms with Crippen molar-refractivity contribution in [2.45, 2.75) is 38.8 Å². The molecule has 2 fully saturated rings. The maximum absolute atomic E-state index is 5.62. The second-order valence-corrected chi connectivity index (χ2v) is 10.1. The molecule has 0 amide bonds. The summed E-state index contributed by atoms with van der Waals surface area (Å²) in [6.45, 7) is 7.80. The molecule has 1 aromatic carbocycles. The minimum absolute atomic E-state index is 0.653. The SMILES string of the molecule is CC1CCCCN1Cc1cc2nc(-c3cccc4[nH]ccc34)nc(N3CCOCC3)c2s1. The van der Waals surface area contributed by atoms with Gasteiger partial charge in [-0.25, -0.2) is 9.97 Å². The number of anilines is 1. The number of nitrogens with one attached hydrogen (secondary N) is 1. The number of rotatable bonds is 4. The number of fused-ring (bicyclic) bond motifs is 2. The number of aromatic amines is 1. The molecule has 1 unspecified atom stereocenters. The lowest BCUT2D eigenvalue weighted by Gasteiger charge is -2.32. The molecule has 2 aliphatic rings. The minimum Gasteiger partial charge on any atom is -0.378 e. The Bertz CT molecular complexity index is 1240. The van der Waals surface area contributed by atoms with E-state index in [9.17, 15) is 0 Å². The van der Waals surface area contributed by atoms with Crippen molar-refractivity contribution in [2.75, 3.05) is 37.7 Å². The summed E-state index contributed by atoms with van der Waals surface area (Å²) < 4.78 is 6.83. The van der Waals surface area contributed by atoms with Gasteiger partial charge < -0.3 is 14.6 Å². The Morgan fingerprint density at radius 3 is 2.91 bits per heavy atom. The van der Waals surface area contributed by atoms with Crippen molar-refractivity contribution in [1.29, 1.82) is 0 Å².